The number of aromatic nitrogens is 2. The summed E-state index contributed by atoms with van der Waals surface area (Å²) in [6.45, 7) is 5.41. The smallest absolute Gasteiger partial charge is 0.251 e. The first-order valence-corrected chi connectivity index (χ1v) is 12.1. The maximum atomic E-state index is 14.6. The number of benzene rings is 1. The second-order valence-corrected chi connectivity index (χ2v) is 10.8. The molecule has 3 heterocycles. The van der Waals surface area contributed by atoms with E-state index in [0.29, 0.717) is 49.6 Å². The van der Waals surface area contributed by atoms with Crippen LogP contribution in [0.25, 0.3) is 11.3 Å². The number of piperidine rings is 1. The maximum Gasteiger partial charge on any atom is 0.251 e. The number of hydrogen-bond donors (Lipinski definition) is 2. The van der Waals surface area contributed by atoms with E-state index < -0.39 is 15.8 Å². The molecule has 8 nitrogen and oxygen atoms in total. The molecule has 1 amide bonds. The summed E-state index contributed by atoms with van der Waals surface area (Å²) >= 11 is 0. The molecule has 0 saturated carbocycles. The van der Waals surface area contributed by atoms with Crippen LogP contribution in [0.3, 0.4) is 0 Å². The minimum atomic E-state index is -3.20. The molecular formula is C21H26FN5O3S. The summed E-state index contributed by atoms with van der Waals surface area (Å²) in [6.07, 6.45) is 3.57. The molecule has 0 atom stereocenters. The van der Waals surface area contributed by atoms with E-state index in [0.717, 1.165) is 11.8 Å². The molecule has 1 saturated heterocycles. The van der Waals surface area contributed by atoms with Crippen LogP contribution in [0.15, 0.2) is 24.4 Å². The summed E-state index contributed by atoms with van der Waals surface area (Å²) in [5, 5.41) is 6.08. The highest BCUT2D eigenvalue weighted by Crippen LogP contribution is 2.33. The first kappa shape index (κ1) is 21.6. The Balaban J connectivity index is 1.58. The summed E-state index contributed by atoms with van der Waals surface area (Å²) in [5.74, 6) is -0.383. The quantitative estimate of drug-likeness (QED) is 0.744. The van der Waals surface area contributed by atoms with Gasteiger partial charge in [0.15, 0.2) is 5.82 Å². The molecule has 2 aromatic rings. The van der Waals surface area contributed by atoms with Gasteiger partial charge < -0.3 is 10.6 Å². The summed E-state index contributed by atoms with van der Waals surface area (Å²) in [7, 11) is -3.20. The van der Waals surface area contributed by atoms with Crippen LogP contribution in [0.1, 0.15) is 42.6 Å². The van der Waals surface area contributed by atoms with Crippen LogP contribution in [0, 0.1) is 5.82 Å². The van der Waals surface area contributed by atoms with E-state index in [9.17, 15) is 17.6 Å². The number of carbonyl (C=O) groups excluding carboxylic acids is 1. The fourth-order valence-corrected chi connectivity index (χ4v) is 4.97. The lowest BCUT2D eigenvalue weighted by atomic mass is 9.78. The monoisotopic (exact) mass is 447 g/mol. The van der Waals surface area contributed by atoms with E-state index in [-0.39, 0.29) is 23.1 Å². The summed E-state index contributed by atoms with van der Waals surface area (Å²) in [6, 6.07) is 5.23. The van der Waals surface area contributed by atoms with Crippen molar-refractivity contribution in [2.45, 2.75) is 38.1 Å². The lowest BCUT2D eigenvalue weighted by Gasteiger charge is -2.32. The highest BCUT2D eigenvalue weighted by Gasteiger charge is 2.32. The topological polar surface area (TPSA) is 104 Å². The Kier molecular flexibility index (Phi) is 5.47. The van der Waals surface area contributed by atoms with Crippen LogP contribution in [0.4, 0.5) is 10.3 Å². The highest BCUT2D eigenvalue weighted by atomic mass is 32.2. The van der Waals surface area contributed by atoms with Crippen LogP contribution in [0.2, 0.25) is 0 Å². The number of amides is 1. The first-order valence-electron chi connectivity index (χ1n) is 10.2. The Morgan fingerprint density at radius 1 is 1.26 bits per heavy atom. The van der Waals surface area contributed by atoms with Gasteiger partial charge in [0.05, 0.1) is 12.5 Å². The average Bonchev–Trinajstić information content (AvgIpc) is 2.72. The van der Waals surface area contributed by atoms with Crippen LogP contribution in [-0.2, 0) is 15.4 Å². The fourth-order valence-electron chi connectivity index (χ4n) is 4.09. The zero-order valence-corrected chi connectivity index (χ0v) is 18.6. The van der Waals surface area contributed by atoms with E-state index in [1.165, 1.54) is 10.6 Å². The Labute approximate surface area is 181 Å². The molecule has 0 aliphatic carbocycles. The van der Waals surface area contributed by atoms with Crippen LogP contribution >= 0.6 is 0 Å². The Bertz CT molecular complexity index is 1130. The highest BCUT2D eigenvalue weighted by molar-refractivity contribution is 7.88. The minimum absolute atomic E-state index is 0.00229. The van der Waals surface area contributed by atoms with Crippen molar-refractivity contribution < 1.29 is 17.6 Å². The zero-order valence-electron chi connectivity index (χ0n) is 17.8. The SMILES string of the molecule is CC1(C)CNC(=O)c2ccc(-c3nc(NC4CCN(S(C)(=O)=O)CC4)ncc3F)cc21. The second kappa shape index (κ2) is 7.83. The molecule has 1 aromatic heterocycles. The van der Waals surface area contributed by atoms with Gasteiger partial charge in [-0.1, -0.05) is 19.9 Å². The maximum absolute atomic E-state index is 14.6. The predicted octanol–water partition coefficient (Wildman–Crippen LogP) is 2.14. The third kappa shape index (κ3) is 4.40. The molecule has 2 aliphatic rings. The van der Waals surface area contributed by atoms with Gasteiger partial charge in [0.25, 0.3) is 5.91 Å². The molecule has 0 radical (unpaired) electrons. The van der Waals surface area contributed by atoms with Crippen LogP contribution < -0.4 is 10.6 Å². The molecular weight excluding hydrogens is 421 g/mol. The Hall–Kier alpha value is -2.59. The number of sulfonamides is 1. The Morgan fingerprint density at radius 3 is 2.65 bits per heavy atom. The van der Waals surface area contributed by atoms with Gasteiger partial charge in [-0.05, 0) is 30.5 Å². The molecule has 0 unspecified atom stereocenters. The molecule has 2 aliphatic heterocycles. The zero-order chi connectivity index (χ0) is 22.4. The van der Waals surface area contributed by atoms with Crippen molar-refractivity contribution in [1.82, 2.24) is 19.6 Å². The summed E-state index contributed by atoms with van der Waals surface area (Å²) in [5.41, 5.74) is 1.91. The van der Waals surface area contributed by atoms with Crippen molar-refractivity contribution in [2.24, 2.45) is 0 Å². The average molecular weight is 448 g/mol. The van der Waals surface area contributed by atoms with Crippen molar-refractivity contribution in [2.75, 3.05) is 31.2 Å². The van der Waals surface area contributed by atoms with Gasteiger partial charge in [0.2, 0.25) is 16.0 Å². The standard InChI is InChI=1S/C21H26FN5O3S/c1-21(2)12-24-19(28)15-5-4-13(10-16(15)21)18-17(22)11-23-20(26-18)25-14-6-8-27(9-7-14)31(3,29)30/h4-5,10-11,14H,6-9,12H2,1-3H3,(H,24,28)(H,23,25,26). The molecule has 0 spiro atoms. The molecule has 10 heteroatoms. The second-order valence-electron chi connectivity index (χ2n) is 8.80. The van der Waals surface area contributed by atoms with Crippen molar-refractivity contribution in [1.29, 1.82) is 0 Å². The molecule has 31 heavy (non-hydrogen) atoms. The van der Waals surface area contributed by atoms with E-state index in [2.05, 4.69) is 20.6 Å². The molecule has 0 bridgehead atoms. The number of rotatable bonds is 4. The van der Waals surface area contributed by atoms with Gasteiger partial charge in [-0.25, -0.2) is 27.1 Å². The normalized spacial score (nSPS) is 19.5. The third-order valence-corrected chi connectivity index (χ3v) is 7.26. The van der Waals surface area contributed by atoms with Gasteiger partial charge in [-0.2, -0.15) is 0 Å². The van der Waals surface area contributed by atoms with Gasteiger partial charge in [-0.15, -0.1) is 0 Å². The molecule has 2 N–H and O–H groups in total. The number of nitrogens with one attached hydrogen (secondary N) is 2. The number of fused-ring (bicyclic) bond motifs is 1. The summed E-state index contributed by atoms with van der Waals surface area (Å²) < 4.78 is 39.4. The van der Waals surface area contributed by atoms with E-state index >= 15 is 0 Å². The molecule has 1 aromatic carbocycles. The lowest BCUT2D eigenvalue weighted by Crippen LogP contribution is -2.43. The number of halogens is 1. The number of carbonyl (C=O) groups is 1. The number of anilines is 1. The molecule has 1 fully saturated rings. The largest absolute Gasteiger partial charge is 0.351 e. The van der Waals surface area contributed by atoms with Crippen molar-refractivity contribution >= 4 is 21.9 Å². The Morgan fingerprint density at radius 2 is 1.97 bits per heavy atom. The fraction of sp³-hybridized carbons (Fsp3) is 0.476. The first-order chi connectivity index (χ1) is 14.5. The summed E-state index contributed by atoms with van der Waals surface area (Å²) in [4.78, 5) is 20.6. The van der Waals surface area contributed by atoms with Crippen molar-refractivity contribution in [3.63, 3.8) is 0 Å². The van der Waals surface area contributed by atoms with Crippen molar-refractivity contribution in [3.05, 3.63) is 41.3 Å². The molecule has 4 rings (SSSR count). The van der Waals surface area contributed by atoms with Gasteiger partial charge in [-0.3, -0.25) is 4.79 Å². The lowest BCUT2D eigenvalue weighted by molar-refractivity contribution is 0.0930. The van der Waals surface area contributed by atoms with E-state index in [1.54, 1.807) is 12.1 Å². The van der Waals surface area contributed by atoms with Crippen LogP contribution in [0.5, 0.6) is 0 Å². The van der Waals surface area contributed by atoms with Gasteiger partial charge in [0, 0.05) is 42.2 Å². The van der Waals surface area contributed by atoms with E-state index in [1.807, 2.05) is 19.9 Å². The third-order valence-electron chi connectivity index (χ3n) is 5.96. The van der Waals surface area contributed by atoms with Gasteiger partial charge in [0.1, 0.15) is 5.69 Å². The minimum Gasteiger partial charge on any atom is -0.351 e. The number of hydrogen-bond acceptors (Lipinski definition) is 6. The molecule has 166 valence electrons. The van der Waals surface area contributed by atoms with E-state index in [4.69, 9.17) is 0 Å². The van der Waals surface area contributed by atoms with Crippen molar-refractivity contribution in [3.8, 4) is 11.3 Å². The predicted molar refractivity (Wildman–Crippen MR) is 116 cm³/mol. The number of nitrogens with zero attached hydrogens (tertiary/aromatic N) is 3. The van der Waals surface area contributed by atoms with Gasteiger partial charge >= 0.3 is 0 Å². The van der Waals surface area contributed by atoms with Crippen LogP contribution in [-0.4, -0.2) is 60.5 Å².